The van der Waals surface area contributed by atoms with Crippen LogP contribution in [0.4, 0.5) is 10.5 Å². The molecule has 1 saturated heterocycles. The molecule has 1 aliphatic heterocycles. The van der Waals surface area contributed by atoms with Gasteiger partial charge in [-0.3, -0.25) is 14.9 Å². The topological polar surface area (TPSA) is 75.7 Å². The Hall–Kier alpha value is -3.23. The largest absolute Gasteiger partial charge is 0.488 e. The summed E-state index contributed by atoms with van der Waals surface area (Å²) in [4.78, 5) is 39.5. The molecule has 0 atom stereocenters. The molecule has 4 rings (SSSR count). The molecule has 3 aromatic rings. The van der Waals surface area contributed by atoms with Gasteiger partial charge in [0.1, 0.15) is 17.9 Å². The van der Waals surface area contributed by atoms with Crippen molar-refractivity contribution in [3.63, 3.8) is 0 Å². The third kappa shape index (κ3) is 5.55. The van der Waals surface area contributed by atoms with E-state index in [9.17, 15) is 14.4 Å². The van der Waals surface area contributed by atoms with Gasteiger partial charge in [-0.1, -0.05) is 61.2 Å². The smallest absolute Gasteiger partial charge is 0.335 e. The number of nitrogens with one attached hydrogen (secondary N) is 1. The molecule has 0 radical (unpaired) electrons. The van der Waals surface area contributed by atoms with Crippen LogP contribution >= 0.6 is 31.9 Å². The van der Waals surface area contributed by atoms with E-state index in [4.69, 9.17) is 4.74 Å². The van der Waals surface area contributed by atoms with Crippen molar-refractivity contribution < 1.29 is 19.1 Å². The maximum Gasteiger partial charge on any atom is 0.335 e. The molecule has 3 aromatic carbocycles. The summed E-state index contributed by atoms with van der Waals surface area (Å²) in [6.45, 7) is 6.23. The van der Waals surface area contributed by atoms with Crippen molar-refractivity contribution in [2.75, 3.05) is 4.90 Å². The number of halogens is 2. The fourth-order valence-electron chi connectivity index (χ4n) is 3.89. The first kappa shape index (κ1) is 24.9. The first-order valence-corrected chi connectivity index (χ1v) is 12.4. The number of imide groups is 2. The summed E-state index contributed by atoms with van der Waals surface area (Å²) >= 11 is 6.86. The summed E-state index contributed by atoms with van der Waals surface area (Å²) in [7, 11) is 0. The second kappa shape index (κ2) is 10.2. The van der Waals surface area contributed by atoms with E-state index >= 15 is 0 Å². The Morgan fingerprint density at radius 1 is 0.914 bits per heavy atom. The average Bonchev–Trinajstić information content (AvgIpc) is 2.77. The highest BCUT2D eigenvalue weighted by Crippen LogP contribution is 2.30. The molecule has 0 saturated carbocycles. The Morgan fingerprint density at radius 3 is 2.31 bits per heavy atom. The van der Waals surface area contributed by atoms with E-state index in [2.05, 4.69) is 43.2 Å². The fraction of sp³-hybridized carbons (Fsp3) is 0.148. The van der Waals surface area contributed by atoms with Gasteiger partial charge >= 0.3 is 6.03 Å². The van der Waals surface area contributed by atoms with E-state index in [0.717, 1.165) is 36.1 Å². The Kier molecular flexibility index (Phi) is 7.23. The minimum atomic E-state index is -0.792. The molecule has 1 fully saturated rings. The lowest BCUT2D eigenvalue weighted by molar-refractivity contribution is -0.122. The fourth-order valence-corrected chi connectivity index (χ4v) is 4.52. The first-order chi connectivity index (χ1) is 16.6. The number of ether oxygens (including phenoxy) is 1. The number of barbiturate groups is 1. The Labute approximate surface area is 220 Å². The molecule has 0 bridgehead atoms. The predicted octanol–water partition coefficient (Wildman–Crippen LogP) is 6.38. The van der Waals surface area contributed by atoms with Gasteiger partial charge in [0, 0.05) is 14.5 Å². The van der Waals surface area contributed by atoms with E-state index < -0.39 is 17.8 Å². The number of amides is 4. The molecule has 0 unspecified atom stereocenters. The van der Waals surface area contributed by atoms with Gasteiger partial charge in [-0.05, 0) is 74.4 Å². The molecule has 1 aliphatic rings. The van der Waals surface area contributed by atoms with Gasteiger partial charge in [0.05, 0.1) is 5.69 Å². The SMILES string of the molecule is Cc1cc(C)cc(COc2ccc(Br)cc2/C=C2/C(=O)NC(=O)N(c3ccc(Br)c(C)c3)C2=O)c1. The number of anilines is 1. The van der Waals surface area contributed by atoms with E-state index in [1.807, 2.05) is 39.0 Å². The number of aryl methyl sites for hydroxylation is 3. The predicted molar refractivity (Wildman–Crippen MR) is 142 cm³/mol. The number of carbonyl (C=O) groups excluding carboxylic acids is 3. The van der Waals surface area contributed by atoms with E-state index in [-0.39, 0.29) is 5.57 Å². The summed E-state index contributed by atoms with van der Waals surface area (Å²) in [6, 6.07) is 15.8. The lowest BCUT2D eigenvalue weighted by atomic mass is 10.1. The highest BCUT2D eigenvalue weighted by atomic mass is 79.9. The van der Waals surface area contributed by atoms with Crippen molar-refractivity contribution in [3.05, 3.63) is 96.9 Å². The van der Waals surface area contributed by atoms with Crippen LogP contribution in [-0.4, -0.2) is 17.8 Å². The molecule has 0 spiro atoms. The number of benzene rings is 3. The lowest BCUT2D eigenvalue weighted by Crippen LogP contribution is -2.54. The minimum absolute atomic E-state index is 0.167. The number of nitrogens with zero attached hydrogens (tertiary/aromatic N) is 1. The van der Waals surface area contributed by atoms with E-state index in [0.29, 0.717) is 23.6 Å². The average molecular weight is 598 g/mol. The maximum atomic E-state index is 13.3. The van der Waals surface area contributed by atoms with Crippen molar-refractivity contribution in [1.29, 1.82) is 0 Å². The lowest BCUT2D eigenvalue weighted by Gasteiger charge is -2.27. The number of hydrogen-bond donors (Lipinski definition) is 1. The van der Waals surface area contributed by atoms with Crippen LogP contribution in [0.1, 0.15) is 27.8 Å². The van der Waals surface area contributed by atoms with Gasteiger partial charge in [0.15, 0.2) is 0 Å². The molecule has 1 N–H and O–H groups in total. The zero-order valence-electron chi connectivity index (χ0n) is 19.3. The van der Waals surface area contributed by atoms with Gasteiger partial charge in [0.25, 0.3) is 11.8 Å². The summed E-state index contributed by atoms with van der Waals surface area (Å²) < 4.78 is 7.67. The number of rotatable bonds is 5. The molecule has 1 heterocycles. The summed E-state index contributed by atoms with van der Waals surface area (Å²) in [5.41, 5.74) is 4.87. The summed E-state index contributed by atoms with van der Waals surface area (Å²) in [5, 5.41) is 2.26. The van der Waals surface area contributed by atoms with Crippen LogP contribution in [0.25, 0.3) is 6.08 Å². The van der Waals surface area contributed by atoms with E-state index in [1.165, 1.54) is 6.08 Å². The summed E-state index contributed by atoms with van der Waals surface area (Å²) in [6.07, 6.45) is 1.45. The monoisotopic (exact) mass is 596 g/mol. The van der Waals surface area contributed by atoms with Gasteiger partial charge in [0.2, 0.25) is 0 Å². The molecule has 8 heteroatoms. The molecule has 0 aromatic heterocycles. The van der Waals surface area contributed by atoms with E-state index in [1.54, 1.807) is 30.3 Å². The van der Waals surface area contributed by atoms with Crippen molar-refractivity contribution in [3.8, 4) is 5.75 Å². The summed E-state index contributed by atoms with van der Waals surface area (Å²) in [5.74, 6) is -0.963. The highest BCUT2D eigenvalue weighted by Gasteiger charge is 2.37. The first-order valence-electron chi connectivity index (χ1n) is 10.8. The molecular formula is C27H22Br2N2O4. The Bertz CT molecular complexity index is 1380. The van der Waals surface area contributed by atoms with Crippen molar-refractivity contribution in [2.24, 2.45) is 0 Å². The molecule has 0 aliphatic carbocycles. The van der Waals surface area contributed by atoms with Crippen LogP contribution in [0.15, 0.2) is 69.1 Å². The van der Waals surface area contributed by atoms with Gasteiger partial charge in [-0.25, -0.2) is 9.69 Å². The quantitative estimate of drug-likeness (QED) is 0.273. The number of urea groups is 1. The van der Waals surface area contributed by atoms with Crippen LogP contribution in [0.5, 0.6) is 5.75 Å². The standard InChI is InChI=1S/C27H22Br2N2O4/c1-15-8-16(2)10-18(9-15)14-35-24-7-4-20(28)12-19(24)13-22-25(32)30-27(34)31(26(22)33)21-5-6-23(29)17(3)11-21/h4-13H,14H2,1-3H3,(H,30,32,34)/b22-13-. The van der Waals surface area contributed by atoms with Crippen LogP contribution in [0, 0.1) is 20.8 Å². The van der Waals surface area contributed by atoms with Crippen LogP contribution < -0.4 is 15.0 Å². The van der Waals surface area contributed by atoms with Crippen LogP contribution in [0.3, 0.4) is 0 Å². The Balaban J connectivity index is 1.68. The second-order valence-electron chi connectivity index (χ2n) is 8.36. The molecule has 6 nitrogen and oxygen atoms in total. The normalized spacial score (nSPS) is 14.9. The van der Waals surface area contributed by atoms with Gasteiger partial charge in [-0.2, -0.15) is 0 Å². The molecule has 178 valence electrons. The van der Waals surface area contributed by atoms with Crippen molar-refractivity contribution in [1.82, 2.24) is 5.32 Å². The van der Waals surface area contributed by atoms with Crippen molar-refractivity contribution >= 4 is 61.5 Å². The zero-order valence-corrected chi connectivity index (χ0v) is 22.5. The highest BCUT2D eigenvalue weighted by molar-refractivity contribution is 9.10. The Morgan fingerprint density at radius 2 is 1.63 bits per heavy atom. The van der Waals surface area contributed by atoms with Gasteiger partial charge < -0.3 is 4.74 Å². The minimum Gasteiger partial charge on any atom is -0.488 e. The number of hydrogen-bond acceptors (Lipinski definition) is 4. The van der Waals surface area contributed by atoms with Crippen LogP contribution in [0.2, 0.25) is 0 Å². The third-order valence-electron chi connectivity index (χ3n) is 5.45. The second-order valence-corrected chi connectivity index (χ2v) is 10.1. The third-order valence-corrected chi connectivity index (χ3v) is 6.83. The zero-order chi connectivity index (χ0) is 25.3. The molecule has 4 amide bonds. The van der Waals surface area contributed by atoms with Crippen molar-refractivity contribution in [2.45, 2.75) is 27.4 Å². The van der Waals surface area contributed by atoms with Crippen LogP contribution in [-0.2, 0) is 16.2 Å². The number of carbonyl (C=O) groups is 3. The molecular weight excluding hydrogens is 576 g/mol. The molecule has 35 heavy (non-hydrogen) atoms. The van der Waals surface area contributed by atoms with Gasteiger partial charge in [-0.15, -0.1) is 0 Å². The maximum absolute atomic E-state index is 13.3.